The number of carbonyl (C=O) groups excluding carboxylic acids is 1. The second-order valence-corrected chi connectivity index (χ2v) is 8.48. The van der Waals surface area contributed by atoms with E-state index in [-0.39, 0.29) is 13.0 Å². The zero-order chi connectivity index (χ0) is 21.2. The van der Waals surface area contributed by atoms with Crippen molar-refractivity contribution < 1.29 is 38.2 Å². The van der Waals surface area contributed by atoms with E-state index in [9.17, 15) is 24.2 Å². The normalized spacial score (nSPS) is 15.6. The summed E-state index contributed by atoms with van der Waals surface area (Å²) in [5.74, 6) is -4.81. The van der Waals surface area contributed by atoms with Crippen LogP contribution >= 0.6 is 7.60 Å². The van der Waals surface area contributed by atoms with Crippen molar-refractivity contribution >= 4 is 19.5 Å². The second kappa shape index (κ2) is 12.0. The third kappa shape index (κ3) is 8.52. The van der Waals surface area contributed by atoms with Crippen LogP contribution in [0.5, 0.6) is 0 Å². The fourth-order valence-corrected chi connectivity index (χ4v) is 3.35. The Morgan fingerprint density at radius 1 is 1.14 bits per heavy atom. The summed E-state index contributed by atoms with van der Waals surface area (Å²) in [6.45, 7) is 4.76. The molecule has 1 aromatic rings. The number of rotatable bonds is 13. The molecule has 0 aliphatic carbocycles. The number of esters is 1. The molecule has 2 N–H and O–H groups in total. The van der Waals surface area contributed by atoms with Gasteiger partial charge in [-0.3, -0.25) is 9.36 Å². The summed E-state index contributed by atoms with van der Waals surface area (Å²) < 4.78 is 27.5. The lowest BCUT2D eigenvalue weighted by Gasteiger charge is -2.27. The summed E-state index contributed by atoms with van der Waals surface area (Å²) in [5, 5.41) is 9.30. The standard InChI is InChI=1S/C19H29O8P/c1-4-16(20)26-18(14(2)3)27-19(17(21)22)28(23,24)25-13-9-8-12-15-10-6-5-7-11-15/h5-7,10-11,14,18-19H,4,8-9,12-13H2,1-3H3,(H,21,22)(H,23,24)/t18-,19+/m1/s1. The maximum Gasteiger partial charge on any atom is 0.368 e. The highest BCUT2D eigenvalue weighted by atomic mass is 31.2. The van der Waals surface area contributed by atoms with Crippen LogP contribution in [-0.4, -0.2) is 40.7 Å². The van der Waals surface area contributed by atoms with Gasteiger partial charge in [-0.2, -0.15) is 0 Å². The van der Waals surface area contributed by atoms with Crippen LogP contribution in [0.3, 0.4) is 0 Å². The van der Waals surface area contributed by atoms with E-state index < -0.39 is 37.6 Å². The fourth-order valence-electron chi connectivity index (χ4n) is 2.27. The van der Waals surface area contributed by atoms with E-state index in [0.29, 0.717) is 12.8 Å². The first kappa shape index (κ1) is 24.3. The lowest BCUT2D eigenvalue weighted by Crippen LogP contribution is -2.35. The maximum atomic E-state index is 12.4. The van der Waals surface area contributed by atoms with E-state index in [0.717, 1.165) is 12.0 Å². The maximum absolute atomic E-state index is 12.4. The molecule has 0 radical (unpaired) electrons. The Bertz CT molecular complexity index is 661. The third-order valence-electron chi connectivity index (χ3n) is 3.83. The second-order valence-electron chi connectivity index (χ2n) is 6.62. The Morgan fingerprint density at radius 3 is 2.32 bits per heavy atom. The molecule has 0 saturated heterocycles. The molecule has 0 aromatic heterocycles. The Hall–Kier alpha value is -1.73. The first-order valence-corrected chi connectivity index (χ1v) is 10.9. The van der Waals surface area contributed by atoms with Gasteiger partial charge in [-0.25, -0.2) is 4.79 Å². The summed E-state index contributed by atoms with van der Waals surface area (Å²) in [6.07, 6.45) is 0.770. The number of ether oxygens (including phenoxy) is 2. The topological polar surface area (TPSA) is 119 Å². The molecular weight excluding hydrogens is 387 g/mol. The van der Waals surface area contributed by atoms with Crippen LogP contribution in [0.2, 0.25) is 0 Å². The predicted molar refractivity (Wildman–Crippen MR) is 103 cm³/mol. The zero-order valence-corrected chi connectivity index (χ0v) is 17.3. The molecule has 0 saturated carbocycles. The molecule has 8 nitrogen and oxygen atoms in total. The van der Waals surface area contributed by atoms with Crippen LogP contribution < -0.4 is 0 Å². The van der Waals surface area contributed by atoms with Crippen LogP contribution in [0.1, 0.15) is 45.6 Å². The van der Waals surface area contributed by atoms with Crippen LogP contribution in [0.4, 0.5) is 0 Å². The Labute approximate surface area is 165 Å². The largest absolute Gasteiger partial charge is 0.479 e. The molecule has 1 aromatic carbocycles. The molecule has 1 unspecified atom stereocenters. The van der Waals surface area contributed by atoms with Crippen molar-refractivity contribution in [3.8, 4) is 0 Å². The van der Waals surface area contributed by atoms with Gasteiger partial charge in [0, 0.05) is 12.3 Å². The van der Waals surface area contributed by atoms with E-state index in [2.05, 4.69) is 0 Å². The van der Waals surface area contributed by atoms with Gasteiger partial charge in [0.1, 0.15) is 0 Å². The molecule has 0 amide bonds. The number of carbonyl (C=O) groups is 2. The van der Waals surface area contributed by atoms with E-state index >= 15 is 0 Å². The predicted octanol–water partition coefficient (Wildman–Crippen LogP) is 3.57. The van der Waals surface area contributed by atoms with Gasteiger partial charge < -0.3 is 24.0 Å². The molecule has 0 aliphatic heterocycles. The van der Waals surface area contributed by atoms with Gasteiger partial charge in [0.2, 0.25) is 6.29 Å². The average molecular weight is 416 g/mol. The van der Waals surface area contributed by atoms with Gasteiger partial charge in [-0.15, -0.1) is 0 Å². The quantitative estimate of drug-likeness (QED) is 0.217. The number of carboxylic acids is 1. The summed E-state index contributed by atoms with van der Waals surface area (Å²) in [7, 11) is -4.63. The van der Waals surface area contributed by atoms with E-state index in [1.54, 1.807) is 20.8 Å². The lowest BCUT2D eigenvalue weighted by molar-refractivity contribution is -0.200. The van der Waals surface area contributed by atoms with Crippen molar-refractivity contribution in [1.29, 1.82) is 0 Å². The summed E-state index contributed by atoms with van der Waals surface area (Å²) in [4.78, 5) is 33.0. The minimum absolute atomic E-state index is 0.0685. The molecule has 0 fully saturated rings. The Morgan fingerprint density at radius 2 is 1.79 bits per heavy atom. The Balaban J connectivity index is 2.59. The molecule has 0 heterocycles. The number of unbranched alkanes of at least 4 members (excludes halogenated alkanes) is 1. The van der Waals surface area contributed by atoms with Crippen LogP contribution in [-0.2, 0) is 34.6 Å². The van der Waals surface area contributed by atoms with Crippen molar-refractivity contribution in [2.24, 2.45) is 5.92 Å². The molecule has 0 spiro atoms. The van der Waals surface area contributed by atoms with E-state index in [1.807, 2.05) is 30.3 Å². The van der Waals surface area contributed by atoms with Crippen LogP contribution in [0.25, 0.3) is 0 Å². The minimum Gasteiger partial charge on any atom is -0.479 e. The van der Waals surface area contributed by atoms with Gasteiger partial charge in [0.15, 0.2) is 0 Å². The first-order valence-electron chi connectivity index (χ1n) is 9.26. The van der Waals surface area contributed by atoms with E-state index in [4.69, 9.17) is 14.0 Å². The third-order valence-corrected chi connectivity index (χ3v) is 5.32. The van der Waals surface area contributed by atoms with Gasteiger partial charge in [0.05, 0.1) is 6.61 Å². The van der Waals surface area contributed by atoms with Crippen molar-refractivity contribution in [2.75, 3.05) is 6.61 Å². The summed E-state index contributed by atoms with van der Waals surface area (Å²) >= 11 is 0. The number of hydrogen-bond acceptors (Lipinski definition) is 6. The highest BCUT2D eigenvalue weighted by Gasteiger charge is 2.43. The summed E-state index contributed by atoms with van der Waals surface area (Å²) in [5.41, 5.74) is 1.14. The van der Waals surface area contributed by atoms with E-state index in [1.165, 1.54) is 0 Å². The molecule has 1 rings (SSSR count). The monoisotopic (exact) mass is 416 g/mol. The van der Waals surface area contributed by atoms with Crippen molar-refractivity contribution in [1.82, 2.24) is 0 Å². The average Bonchev–Trinajstić information content (AvgIpc) is 2.64. The smallest absolute Gasteiger partial charge is 0.368 e. The molecule has 28 heavy (non-hydrogen) atoms. The van der Waals surface area contributed by atoms with Crippen molar-refractivity contribution in [3.05, 3.63) is 35.9 Å². The highest BCUT2D eigenvalue weighted by Crippen LogP contribution is 2.49. The fraction of sp³-hybridized carbons (Fsp3) is 0.579. The zero-order valence-electron chi connectivity index (χ0n) is 16.4. The van der Waals surface area contributed by atoms with Crippen molar-refractivity contribution in [3.63, 3.8) is 0 Å². The van der Waals surface area contributed by atoms with Crippen LogP contribution in [0, 0.1) is 5.92 Å². The van der Waals surface area contributed by atoms with Crippen molar-refractivity contribution in [2.45, 2.75) is 58.6 Å². The minimum atomic E-state index is -4.63. The lowest BCUT2D eigenvalue weighted by atomic mass is 10.1. The molecular formula is C19H29O8P. The molecule has 0 aliphatic rings. The number of aryl methyl sites for hydroxylation is 1. The number of hydrogen-bond donors (Lipinski definition) is 2. The SMILES string of the molecule is CCC(=O)O[C@H](O[C@H](C(=O)O)P(=O)(O)OCCCCc1ccccc1)C(C)C. The van der Waals surface area contributed by atoms with Gasteiger partial charge >= 0.3 is 19.5 Å². The summed E-state index contributed by atoms with van der Waals surface area (Å²) in [6, 6.07) is 9.74. The number of carboxylic acid groups (broad SMARTS) is 1. The first-order chi connectivity index (χ1) is 13.2. The number of benzene rings is 1. The molecule has 158 valence electrons. The highest BCUT2D eigenvalue weighted by molar-refractivity contribution is 7.54. The number of aliphatic carboxylic acids is 1. The van der Waals surface area contributed by atoms with Gasteiger partial charge in [-0.1, -0.05) is 51.1 Å². The Kier molecular flexibility index (Phi) is 10.4. The molecule has 3 atom stereocenters. The molecule has 9 heteroatoms. The molecule has 0 bridgehead atoms. The van der Waals surface area contributed by atoms with Crippen LogP contribution in [0.15, 0.2) is 30.3 Å². The van der Waals surface area contributed by atoms with Gasteiger partial charge in [-0.05, 0) is 24.8 Å². The van der Waals surface area contributed by atoms with Gasteiger partial charge in [0.25, 0.3) is 5.85 Å².